The third kappa shape index (κ3) is 4.90. The molecule has 1 unspecified atom stereocenters. The van der Waals surface area contributed by atoms with Gasteiger partial charge < -0.3 is 10.2 Å². The van der Waals surface area contributed by atoms with Crippen molar-refractivity contribution in [3.8, 4) is 0 Å². The van der Waals surface area contributed by atoms with E-state index in [1.165, 1.54) is 24.9 Å². The van der Waals surface area contributed by atoms with E-state index in [0.29, 0.717) is 12.0 Å². The van der Waals surface area contributed by atoms with E-state index >= 15 is 0 Å². The van der Waals surface area contributed by atoms with Crippen LogP contribution in [-0.2, 0) is 11.2 Å². The Morgan fingerprint density at radius 3 is 2.58 bits per heavy atom. The van der Waals surface area contributed by atoms with Crippen molar-refractivity contribution < 1.29 is 9.59 Å². The highest BCUT2D eigenvalue weighted by molar-refractivity contribution is 6.04. The predicted molar refractivity (Wildman–Crippen MR) is 130 cm³/mol. The molecule has 3 aliphatic rings. The fourth-order valence-electron chi connectivity index (χ4n) is 5.13. The fraction of sp³-hybridized carbons (Fsp3) is 0.407. The monoisotopic (exact) mass is 442 g/mol. The van der Waals surface area contributed by atoms with Gasteiger partial charge in [0.1, 0.15) is 0 Å². The molecule has 0 spiro atoms. The highest BCUT2D eigenvalue weighted by Crippen LogP contribution is 2.33. The molecule has 1 atom stereocenters. The number of rotatable bonds is 5. The third-order valence-electron chi connectivity index (χ3n) is 6.92. The lowest BCUT2D eigenvalue weighted by molar-refractivity contribution is -0.115. The summed E-state index contributed by atoms with van der Waals surface area (Å²) in [6.45, 7) is 2.21. The number of nitrogens with zero attached hydrogens (tertiary/aromatic N) is 3. The quantitative estimate of drug-likeness (QED) is 0.645. The molecule has 1 fully saturated rings. The van der Waals surface area contributed by atoms with Crippen LogP contribution in [0.4, 0.5) is 11.4 Å². The average Bonchev–Trinajstić information content (AvgIpc) is 2.87. The van der Waals surface area contributed by atoms with E-state index in [-0.39, 0.29) is 17.9 Å². The first-order valence-electron chi connectivity index (χ1n) is 12.1. The number of hydrogen-bond acceptors (Lipinski definition) is 4. The minimum Gasteiger partial charge on any atom is -0.372 e. The van der Waals surface area contributed by atoms with Crippen molar-refractivity contribution >= 4 is 23.2 Å². The number of hydrogen-bond donors (Lipinski definition) is 1. The molecule has 6 heteroatoms. The van der Waals surface area contributed by atoms with Crippen LogP contribution >= 0.6 is 0 Å². The highest BCUT2D eigenvalue weighted by Gasteiger charge is 2.29. The number of piperidine rings is 1. The van der Waals surface area contributed by atoms with Gasteiger partial charge in [-0.3, -0.25) is 9.59 Å². The molecular formula is C27H30N4O2. The molecule has 1 aliphatic carbocycles. The Balaban J connectivity index is 1.25. The zero-order valence-corrected chi connectivity index (χ0v) is 18.9. The molecule has 2 aromatic rings. The Kier molecular flexibility index (Phi) is 6.33. The van der Waals surface area contributed by atoms with Crippen LogP contribution in [0.15, 0.2) is 69.9 Å². The van der Waals surface area contributed by atoms with Crippen molar-refractivity contribution in [1.29, 1.82) is 0 Å². The zero-order valence-electron chi connectivity index (χ0n) is 18.9. The van der Waals surface area contributed by atoms with Gasteiger partial charge in [0.25, 0.3) is 11.8 Å². The lowest BCUT2D eigenvalue weighted by Gasteiger charge is -2.28. The van der Waals surface area contributed by atoms with E-state index in [1.807, 2.05) is 36.4 Å². The summed E-state index contributed by atoms with van der Waals surface area (Å²) < 4.78 is 0. The van der Waals surface area contributed by atoms with Gasteiger partial charge in [-0.05, 0) is 92.5 Å². The second-order valence-electron chi connectivity index (χ2n) is 9.20. The van der Waals surface area contributed by atoms with Crippen LogP contribution in [0.3, 0.4) is 0 Å². The molecule has 1 N–H and O–H groups in total. The minimum atomic E-state index is -0.166. The van der Waals surface area contributed by atoms with Crippen molar-refractivity contribution in [2.24, 2.45) is 10.2 Å². The summed E-state index contributed by atoms with van der Waals surface area (Å²) in [7, 11) is 0. The second kappa shape index (κ2) is 9.69. The zero-order chi connectivity index (χ0) is 22.6. The number of amides is 2. The number of nitrogens with one attached hydrogen (secondary N) is 1. The molecule has 2 aliphatic heterocycles. The van der Waals surface area contributed by atoms with Crippen molar-refractivity contribution in [2.75, 3.05) is 23.3 Å². The molecule has 33 heavy (non-hydrogen) atoms. The van der Waals surface area contributed by atoms with Gasteiger partial charge in [0.05, 0.1) is 6.04 Å². The molecule has 5 rings (SSSR count). The van der Waals surface area contributed by atoms with E-state index in [4.69, 9.17) is 0 Å². The van der Waals surface area contributed by atoms with Crippen molar-refractivity contribution in [3.63, 3.8) is 0 Å². The average molecular weight is 443 g/mol. The van der Waals surface area contributed by atoms with E-state index in [9.17, 15) is 9.59 Å². The molecule has 6 nitrogen and oxygen atoms in total. The number of azo groups is 1. The Morgan fingerprint density at radius 1 is 0.970 bits per heavy atom. The normalized spacial score (nSPS) is 20.5. The molecular weight excluding hydrogens is 412 g/mol. The second-order valence-corrected chi connectivity index (χ2v) is 9.20. The third-order valence-corrected chi connectivity index (χ3v) is 6.92. The Bertz CT molecular complexity index is 1100. The van der Waals surface area contributed by atoms with Crippen LogP contribution in [0.25, 0.3) is 0 Å². The molecule has 1 saturated heterocycles. The van der Waals surface area contributed by atoms with E-state index in [0.717, 1.165) is 61.2 Å². The first-order chi connectivity index (χ1) is 16.2. The van der Waals surface area contributed by atoms with Crippen LogP contribution < -0.4 is 10.2 Å². The summed E-state index contributed by atoms with van der Waals surface area (Å²) in [5.41, 5.74) is 5.66. The van der Waals surface area contributed by atoms with Gasteiger partial charge in [0.15, 0.2) is 0 Å². The standard InChI is InChI=1S/C27H30N4O2/c32-26(28-21-11-13-22(14-12-21)31-15-4-1-5-16-31)20-8-6-7-19(17-20)18-25-23-9-2-3-10-24(23)27(33)30-29-25/h6-8,11-14,17,25H,1-5,9-10,15-16,18H2,(H,28,32). The first kappa shape index (κ1) is 21.6. The number of carbonyl (C=O) groups is 2. The number of carbonyl (C=O) groups excluding carboxylic acids is 2. The van der Waals surface area contributed by atoms with Crippen LogP contribution in [0.2, 0.25) is 0 Å². The van der Waals surface area contributed by atoms with Gasteiger partial charge in [0, 0.05) is 42.0 Å². The van der Waals surface area contributed by atoms with Crippen LogP contribution in [0.5, 0.6) is 0 Å². The van der Waals surface area contributed by atoms with Crippen LogP contribution in [-0.4, -0.2) is 30.9 Å². The maximum absolute atomic E-state index is 12.9. The summed E-state index contributed by atoms with van der Waals surface area (Å²) in [5, 5.41) is 11.2. The first-order valence-corrected chi connectivity index (χ1v) is 12.1. The molecule has 0 aromatic heterocycles. The molecule has 0 saturated carbocycles. The largest absolute Gasteiger partial charge is 0.372 e. The topological polar surface area (TPSA) is 74.1 Å². The van der Waals surface area contributed by atoms with Gasteiger partial charge in [-0.1, -0.05) is 12.1 Å². The summed E-state index contributed by atoms with van der Waals surface area (Å²) in [5.74, 6) is -0.291. The Morgan fingerprint density at radius 2 is 1.76 bits per heavy atom. The molecule has 170 valence electrons. The summed E-state index contributed by atoms with van der Waals surface area (Å²) in [6.07, 6.45) is 8.31. The van der Waals surface area contributed by atoms with Gasteiger partial charge >= 0.3 is 0 Å². The van der Waals surface area contributed by atoms with Crippen molar-refractivity contribution in [3.05, 3.63) is 70.8 Å². The van der Waals surface area contributed by atoms with E-state index in [1.54, 1.807) is 0 Å². The van der Waals surface area contributed by atoms with Gasteiger partial charge in [-0.25, -0.2) is 0 Å². The summed E-state index contributed by atoms with van der Waals surface area (Å²) >= 11 is 0. The minimum absolute atomic E-state index is 0.0985. The molecule has 2 heterocycles. The van der Waals surface area contributed by atoms with E-state index < -0.39 is 0 Å². The Hall–Kier alpha value is -3.28. The fourth-order valence-corrected chi connectivity index (χ4v) is 5.13. The van der Waals surface area contributed by atoms with E-state index in [2.05, 4.69) is 32.6 Å². The Labute approximate surface area is 194 Å². The lowest BCUT2D eigenvalue weighted by Crippen LogP contribution is -2.29. The molecule has 0 radical (unpaired) electrons. The number of anilines is 2. The van der Waals surface area contributed by atoms with Gasteiger partial charge in [-0.15, -0.1) is 5.11 Å². The maximum atomic E-state index is 12.9. The van der Waals surface area contributed by atoms with Crippen LogP contribution in [0, 0.1) is 0 Å². The molecule has 2 amide bonds. The molecule has 0 bridgehead atoms. The maximum Gasteiger partial charge on any atom is 0.291 e. The predicted octanol–water partition coefficient (Wildman–Crippen LogP) is 5.70. The lowest BCUT2D eigenvalue weighted by atomic mass is 9.84. The smallest absolute Gasteiger partial charge is 0.291 e. The van der Waals surface area contributed by atoms with Gasteiger partial charge in [0.2, 0.25) is 0 Å². The van der Waals surface area contributed by atoms with Gasteiger partial charge in [-0.2, -0.15) is 5.11 Å². The van der Waals surface area contributed by atoms with Crippen LogP contribution in [0.1, 0.15) is 60.9 Å². The van der Waals surface area contributed by atoms with Crippen molar-refractivity contribution in [2.45, 2.75) is 57.4 Å². The highest BCUT2D eigenvalue weighted by atomic mass is 16.2. The van der Waals surface area contributed by atoms with Crippen molar-refractivity contribution in [1.82, 2.24) is 0 Å². The summed E-state index contributed by atoms with van der Waals surface area (Å²) in [4.78, 5) is 27.4. The molecule has 2 aromatic carbocycles. The SMILES string of the molecule is O=C1N=NC(Cc2cccc(C(=O)Nc3ccc(N4CCCCC4)cc3)c2)C2=C1CCCC2. The number of benzene rings is 2. The summed E-state index contributed by atoms with van der Waals surface area (Å²) in [6, 6.07) is 15.7.